The van der Waals surface area contributed by atoms with Crippen molar-refractivity contribution in [3.05, 3.63) is 58.9 Å². The second-order valence-corrected chi connectivity index (χ2v) is 4.69. The Hall–Kier alpha value is -2.56. The molecular formula is C16H17FN2O2. The fourth-order valence-corrected chi connectivity index (χ4v) is 2.01. The highest BCUT2D eigenvalue weighted by Crippen LogP contribution is 2.23. The molecule has 5 heteroatoms. The van der Waals surface area contributed by atoms with Gasteiger partial charge in [0.15, 0.2) is 0 Å². The lowest BCUT2D eigenvalue weighted by atomic mass is 10.1. The number of esters is 1. The predicted molar refractivity (Wildman–Crippen MR) is 80.7 cm³/mol. The summed E-state index contributed by atoms with van der Waals surface area (Å²) in [6, 6.07) is 10.3. The number of methoxy groups -OCH3 is 1. The lowest BCUT2D eigenvalue weighted by Gasteiger charge is -2.12. The summed E-state index contributed by atoms with van der Waals surface area (Å²) in [5.74, 6) is -1.10. The number of carbonyl (C=O) groups is 1. The fraction of sp³-hybridized carbons (Fsp3) is 0.188. The molecule has 3 N–H and O–H groups in total. The third kappa shape index (κ3) is 3.31. The first kappa shape index (κ1) is 14.8. The molecule has 0 radical (unpaired) electrons. The summed E-state index contributed by atoms with van der Waals surface area (Å²) in [5.41, 5.74) is 8.20. The number of benzene rings is 2. The first-order valence-electron chi connectivity index (χ1n) is 6.48. The molecule has 0 heterocycles. The Kier molecular flexibility index (Phi) is 4.42. The van der Waals surface area contributed by atoms with Crippen molar-refractivity contribution >= 4 is 17.3 Å². The van der Waals surface area contributed by atoms with Crippen LogP contribution in [0.2, 0.25) is 0 Å². The largest absolute Gasteiger partial charge is 0.465 e. The van der Waals surface area contributed by atoms with Crippen LogP contribution in [0.3, 0.4) is 0 Å². The fourth-order valence-electron chi connectivity index (χ4n) is 2.01. The maximum atomic E-state index is 13.9. The number of hydrogen-bond donors (Lipinski definition) is 2. The minimum atomic E-state index is -0.591. The van der Waals surface area contributed by atoms with Crippen molar-refractivity contribution < 1.29 is 13.9 Å². The minimum Gasteiger partial charge on any atom is -0.465 e. The number of rotatable bonds is 4. The quantitative estimate of drug-likeness (QED) is 0.670. The zero-order valence-electron chi connectivity index (χ0n) is 11.9. The van der Waals surface area contributed by atoms with Crippen LogP contribution in [0, 0.1) is 12.7 Å². The number of nitrogens with one attached hydrogen (secondary N) is 1. The van der Waals surface area contributed by atoms with E-state index in [1.807, 2.05) is 31.2 Å². The molecule has 0 saturated carbocycles. The van der Waals surface area contributed by atoms with Crippen LogP contribution in [0.1, 0.15) is 21.5 Å². The normalized spacial score (nSPS) is 10.2. The Morgan fingerprint density at radius 2 is 2.05 bits per heavy atom. The summed E-state index contributed by atoms with van der Waals surface area (Å²) >= 11 is 0. The first-order valence-corrected chi connectivity index (χ1v) is 6.48. The molecule has 0 saturated heterocycles. The number of carbonyl (C=O) groups excluding carboxylic acids is 1. The molecule has 0 bridgehead atoms. The van der Waals surface area contributed by atoms with Crippen LogP contribution < -0.4 is 11.1 Å². The van der Waals surface area contributed by atoms with E-state index in [1.54, 1.807) is 0 Å². The summed E-state index contributed by atoms with van der Waals surface area (Å²) < 4.78 is 18.5. The third-order valence-electron chi connectivity index (χ3n) is 3.28. The molecule has 2 aromatic carbocycles. The smallest absolute Gasteiger partial charge is 0.340 e. The number of ether oxygens (including phenoxy) is 1. The van der Waals surface area contributed by atoms with Gasteiger partial charge in [0.1, 0.15) is 5.82 Å². The summed E-state index contributed by atoms with van der Waals surface area (Å²) in [7, 11) is 1.26. The van der Waals surface area contributed by atoms with E-state index < -0.39 is 11.8 Å². The zero-order valence-corrected chi connectivity index (χ0v) is 11.9. The van der Waals surface area contributed by atoms with E-state index in [4.69, 9.17) is 5.73 Å². The Morgan fingerprint density at radius 3 is 2.71 bits per heavy atom. The van der Waals surface area contributed by atoms with Crippen LogP contribution in [-0.2, 0) is 11.3 Å². The van der Waals surface area contributed by atoms with Crippen LogP contribution in [0.5, 0.6) is 0 Å². The molecule has 2 rings (SSSR count). The van der Waals surface area contributed by atoms with Crippen LogP contribution in [0.25, 0.3) is 0 Å². The van der Waals surface area contributed by atoms with Gasteiger partial charge in [0.2, 0.25) is 0 Å². The van der Waals surface area contributed by atoms with Crippen molar-refractivity contribution in [3.63, 3.8) is 0 Å². The lowest BCUT2D eigenvalue weighted by Crippen LogP contribution is -2.09. The minimum absolute atomic E-state index is 0.0563. The number of anilines is 2. The molecule has 2 aromatic rings. The molecule has 0 spiro atoms. The average molecular weight is 288 g/mol. The third-order valence-corrected chi connectivity index (χ3v) is 3.28. The highest BCUT2D eigenvalue weighted by molar-refractivity contribution is 5.96. The molecule has 110 valence electrons. The molecule has 0 aromatic heterocycles. The van der Waals surface area contributed by atoms with Gasteiger partial charge < -0.3 is 15.8 Å². The highest BCUT2D eigenvalue weighted by atomic mass is 19.1. The Balaban J connectivity index is 2.24. The van der Waals surface area contributed by atoms with Crippen LogP contribution >= 0.6 is 0 Å². The van der Waals surface area contributed by atoms with Crippen molar-refractivity contribution in [2.24, 2.45) is 0 Å². The van der Waals surface area contributed by atoms with Gasteiger partial charge in [-0.1, -0.05) is 24.3 Å². The summed E-state index contributed by atoms with van der Waals surface area (Å²) in [6.07, 6.45) is 0. The van der Waals surface area contributed by atoms with E-state index in [9.17, 15) is 9.18 Å². The van der Waals surface area contributed by atoms with Gasteiger partial charge in [-0.15, -0.1) is 0 Å². The van der Waals surface area contributed by atoms with Crippen molar-refractivity contribution in [2.75, 3.05) is 18.2 Å². The molecule has 0 aliphatic heterocycles. The van der Waals surface area contributed by atoms with Gasteiger partial charge in [-0.3, -0.25) is 0 Å². The topological polar surface area (TPSA) is 64.3 Å². The number of hydrogen-bond acceptors (Lipinski definition) is 4. The molecule has 0 unspecified atom stereocenters. The van der Waals surface area contributed by atoms with E-state index >= 15 is 0 Å². The second-order valence-electron chi connectivity index (χ2n) is 4.69. The van der Waals surface area contributed by atoms with Gasteiger partial charge >= 0.3 is 5.97 Å². The molecule has 0 fully saturated rings. The Morgan fingerprint density at radius 1 is 1.33 bits per heavy atom. The SMILES string of the molecule is COC(=O)c1cc(NCc2ccccc2C)c(F)cc1N. The van der Waals surface area contributed by atoms with Crippen LogP contribution in [0.15, 0.2) is 36.4 Å². The van der Waals surface area contributed by atoms with Gasteiger partial charge in [0.25, 0.3) is 0 Å². The Labute approximate surface area is 122 Å². The number of halogens is 1. The molecule has 4 nitrogen and oxygen atoms in total. The molecule has 21 heavy (non-hydrogen) atoms. The van der Waals surface area contributed by atoms with E-state index in [0.29, 0.717) is 6.54 Å². The zero-order chi connectivity index (χ0) is 15.4. The van der Waals surface area contributed by atoms with Gasteiger partial charge in [-0.05, 0) is 30.2 Å². The average Bonchev–Trinajstić information content (AvgIpc) is 2.47. The molecule has 0 atom stereocenters. The van der Waals surface area contributed by atoms with Crippen LogP contribution in [0.4, 0.5) is 15.8 Å². The van der Waals surface area contributed by atoms with Crippen molar-refractivity contribution in [1.29, 1.82) is 0 Å². The summed E-state index contributed by atoms with van der Waals surface area (Å²) in [4.78, 5) is 11.6. The van der Waals surface area contributed by atoms with Gasteiger partial charge in [0.05, 0.1) is 18.4 Å². The van der Waals surface area contributed by atoms with Gasteiger partial charge in [0, 0.05) is 12.2 Å². The summed E-state index contributed by atoms with van der Waals surface area (Å²) in [5, 5.41) is 2.98. The van der Waals surface area contributed by atoms with E-state index in [1.165, 1.54) is 13.2 Å². The van der Waals surface area contributed by atoms with E-state index in [2.05, 4.69) is 10.1 Å². The van der Waals surface area contributed by atoms with E-state index in [-0.39, 0.29) is 16.9 Å². The molecule has 0 aliphatic rings. The predicted octanol–water partition coefficient (Wildman–Crippen LogP) is 3.12. The van der Waals surface area contributed by atoms with Crippen molar-refractivity contribution in [1.82, 2.24) is 0 Å². The lowest BCUT2D eigenvalue weighted by molar-refractivity contribution is 0.0602. The van der Waals surface area contributed by atoms with Crippen molar-refractivity contribution in [3.8, 4) is 0 Å². The number of aryl methyl sites for hydroxylation is 1. The molecular weight excluding hydrogens is 271 g/mol. The maximum Gasteiger partial charge on any atom is 0.340 e. The highest BCUT2D eigenvalue weighted by Gasteiger charge is 2.14. The number of nitrogens with two attached hydrogens (primary N) is 1. The first-order chi connectivity index (χ1) is 10.0. The monoisotopic (exact) mass is 288 g/mol. The molecule has 0 aliphatic carbocycles. The van der Waals surface area contributed by atoms with Gasteiger partial charge in [-0.2, -0.15) is 0 Å². The van der Waals surface area contributed by atoms with Crippen molar-refractivity contribution in [2.45, 2.75) is 13.5 Å². The number of nitrogen functional groups attached to an aromatic ring is 1. The van der Waals surface area contributed by atoms with Gasteiger partial charge in [-0.25, -0.2) is 9.18 Å². The maximum absolute atomic E-state index is 13.9. The van der Waals surface area contributed by atoms with Crippen LogP contribution in [-0.4, -0.2) is 13.1 Å². The Bertz CT molecular complexity index is 671. The standard InChI is InChI=1S/C16H17FN2O2/c1-10-5-3-4-6-11(10)9-19-15-7-12(16(20)21-2)14(18)8-13(15)17/h3-8,19H,9,18H2,1-2H3. The summed E-state index contributed by atoms with van der Waals surface area (Å²) in [6.45, 7) is 2.43. The molecule has 0 amide bonds. The second kappa shape index (κ2) is 6.26. The van der Waals surface area contributed by atoms with E-state index in [0.717, 1.165) is 17.2 Å².